The number of nitrogens with one attached hydrogen (secondary N) is 1. The summed E-state index contributed by atoms with van der Waals surface area (Å²) in [5.74, 6) is 1.57. The standard InChI is InChI=1S/C19H19N3O3/c1-24-14-8-6-13(7-9-14)15-12-16(21-20-15)19(23)22-10-2-4-17(22)18-5-3-11-25-18/h3,5-9,11-12,17H,2,4,10H2,1H3,(H,20,21)/t17-/m1/s1. The highest BCUT2D eigenvalue weighted by Gasteiger charge is 2.33. The minimum absolute atomic E-state index is 0.00441. The van der Waals surface area contributed by atoms with Crippen molar-refractivity contribution in [3.05, 3.63) is 60.2 Å². The molecule has 1 aliphatic heterocycles. The summed E-state index contributed by atoms with van der Waals surface area (Å²) >= 11 is 0. The van der Waals surface area contributed by atoms with Crippen molar-refractivity contribution in [2.45, 2.75) is 18.9 Å². The molecular formula is C19H19N3O3. The van der Waals surface area contributed by atoms with Crippen molar-refractivity contribution in [3.63, 3.8) is 0 Å². The summed E-state index contributed by atoms with van der Waals surface area (Å²) in [6.07, 6.45) is 3.53. The summed E-state index contributed by atoms with van der Waals surface area (Å²) in [4.78, 5) is 14.7. The summed E-state index contributed by atoms with van der Waals surface area (Å²) in [7, 11) is 1.63. The van der Waals surface area contributed by atoms with Gasteiger partial charge in [-0.1, -0.05) is 0 Å². The first-order chi connectivity index (χ1) is 12.3. The molecule has 1 saturated heterocycles. The second kappa shape index (κ2) is 6.47. The number of carbonyl (C=O) groups is 1. The zero-order valence-corrected chi connectivity index (χ0v) is 13.9. The summed E-state index contributed by atoms with van der Waals surface area (Å²) in [6.45, 7) is 0.723. The van der Waals surface area contributed by atoms with Gasteiger partial charge in [0.05, 0.1) is 25.1 Å². The van der Waals surface area contributed by atoms with Gasteiger partial charge in [-0.25, -0.2) is 0 Å². The normalized spacial score (nSPS) is 17.0. The minimum atomic E-state index is -0.0499. The maximum Gasteiger partial charge on any atom is 0.272 e. The van der Waals surface area contributed by atoms with Crippen molar-refractivity contribution in [1.29, 1.82) is 0 Å². The molecule has 4 rings (SSSR count). The van der Waals surface area contributed by atoms with Crippen LogP contribution in [0.25, 0.3) is 11.3 Å². The lowest BCUT2D eigenvalue weighted by Crippen LogP contribution is -2.30. The zero-order chi connectivity index (χ0) is 17.2. The van der Waals surface area contributed by atoms with E-state index in [0.717, 1.165) is 42.2 Å². The van der Waals surface area contributed by atoms with E-state index < -0.39 is 0 Å². The SMILES string of the molecule is COc1ccc(-c2cc(C(=O)N3CCC[C@@H]3c3ccco3)[nH]n2)cc1. The van der Waals surface area contributed by atoms with Crippen molar-refractivity contribution >= 4 is 5.91 Å². The summed E-state index contributed by atoms with van der Waals surface area (Å²) in [6, 6.07) is 13.2. The molecule has 3 aromatic rings. The molecule has 0 saturated carbocycles. The Bertz CT molecular complexity index is 852. The minimum Gasteiger partial charge on any atom is -0.497 e. The molecule has 0 unspecified atom stereocenters. The maximum absolute atomic E-state index is 12.9. The van der Waals surface area contributed by atoms with Crippen LogP contribution >= 0.6 is 0 Å². The van der Waals surface area contributed by atoms with Crippen molar-refractivity contribution in [1.82, 2.24) is 15.1 Å². The van der Waals surface area contributed by atoms with Gasteiger partial charge in [0.15, 0.2) is 0 Å². The molecule has 128 valence electrons. The van der Waals surface area contributed by atoms with Gasteiger partial charge < -0.3 is 14.1 Å². The van der Waals surface area contributed by atoms with Gasteiger partial charge in [-0.3, -0.25) is 9.89 Å². The quantitative estimate of drug-likeness (QED) is 0.789. The number of carbonyl (C=O) groups excluding carboxylic acids is 1. The smallest absolute Gasteiger partial charge is 0.272 e. The molecule has 0 aliphatic carbocycles. The Morgan fingerprint density at radius 3 is 2.88 bits per heavy atom. The summed E-state index contributed by atoms with van der Waals surface area (Å²) in [5.41, 5.74) is 2.16. The molecule has 6 heteroatoms. The molecule has 1 N–H and O–H groups in total. The summed E-state index contributed by atoms with van der Waals surface area (Å²) < 4.78 is 10.7. The van der Waals surface area contributed by atoms with Crippen LogP contribution in [0, 0.1) is 0 Å². The van der Waals surface area contributed by atoms with Crippen LogP contribution in [0.2, 0.25) is 0 Å². The number of methoxy groups -OCH3 is 1. The zero-order valence-electron chi connectivity index (χ0n) is 13.9. The average Bonchev–Trinajstić information content (AvgIpc) is 3.42. The first kappa shape index (κ1) is 15.5. The molecule has 0 radical (unpaired) electrons. The molecule has 3 heterocycles. The first-order valence-corrected chi connectivity index (χ1v) is 8.30. The van der Waals surface area contributed by atoms with Gasteiger partial charge in [-0.2, -0.15) is 5.10 Å². The Kier molecular flexibility index (Phi) is 4.01. The van der Waals surface area contributed by atoms with Gasteiger partial charge in [0, 0.05) is 12.1 Å². The third kappa shape index (κ3) is 2.91. The fourth-order valence-electron chi connectivity index (χ4n) is 3.28. The van der Waals surface area contributed by atoms with E-state index in [-0.39, 0.29) is 11.9 Å². The third-order valence-corrected chi connectivity index (χ3v) is 4.58. The fourth-order valence-corrected chi connectivity index (χ4v) is 3.28. The number of likely N-dealkylation sites (tertiary alicyclic amines) is 1. The molecule has 25 heavy (non-hydrogen) atoms. The molecule has 1 amide bonds. The topological polar surface area (TPSA) is 71.4 Å². The highest BCUT2D eigenvalue weighted by molar-refractivity contribution is 5.93. The number of H-pyrrole nitrogens is 1. The molecule has 1 atom stereocenters. The lowest BCUT2D eigenvalue weighted by molar-refractivity contribution is 0.0714. The Morgan fingerprint density at radius 1 is 1.32 bits per heavy atom. The number of rotatable bonds is 4. The number of benzene rings is 1. The van der Waals surface area contributed by atoms with Gasteiger partial charge in [0.25, 0.3) is 5.91 Å². The first-order valence-electron chi connectivity index (χ1n) is 8.30. The van der Waals surface area contributed by atoms with Crippen LogP contribution in [0.1, 0.15) is 35.1 Å². The van der Waals surface area contributed by atoms with Crippen molar-refractivity contribution in [2.24, 2.45) is 0 Å². The van der Waals surface area contributed by atoms with E-state index in [0.29, 0.717) is 5.69 Å². The third-order valence-electron chi connectivity index (χ3n) is 4.58. The van der Waals surface area contributed by atoms with Crippen molar-refractivity contribution in [3.8, 4) is 17.0 Å². The average molecular weight is 337 g/mol. The maximum atomic E-state index is 12.9. The van der Waals surface area contributed by atoms with Crippen LogP contribution in [0.3, 0.4) is 0 Å². The monoisotopic (exact) mass is 337 g/mol. The molecule has 1 aliphatic rings. The number of ether oxygens (including phenoxy) is 1. The molecule has 0 bridgehead atoms. The van der Waals surface area contributed by atoms with Gasteiger partial charge >= 0.3 is 0 Å². The predicted octanol–water partition coefficient (Wildman–Crippen LogP) is 3.66. The van der Waals surface area contributed by atoms with Gasteiger partial charge in [0.1, 0.15) is 17.2 Å². The van der Waals surface area contributed by atoms with E-state index in [4.69, 9.17) is 9.15 Å². The lowest BCUT2D eigenvalue weighted by Gasteiger charge is -2.22. The van der Waals surface area contributed by atoms with Crippen LogP contribution in [0.4, 0.5) is 0 Å². The van der Waals surface area contributed by atoms with E-state index >= 15 is 0 Å². The predicted molar refractivity (Wildman–Crippen MR) is 92.3 cm³/mol. The van der Waals surface area contributed by atoms with Crippen molar-refractivity contribution < 1.29 is 13.9 Å². The molecule has 0 spiro atoms. The number of amides is 1. The fraction of sp³-hybridized carbons (Fsp3) is 0.263. The van der Waals surface area contributed by atoms with Crippen LogP contribution in [0.15, 0.2) is 53.1 Å². The Hall–Kier alpha value is -3.02. The highest BCUT2D eigenvalue weighted by Crippen LogP contribution is 2.33. The number of nitrogens with zero attached hydrogens (tertiary/aromatic N) is 2. The van der Waals surface area contributed by atoms with Crippen LogP contribution in [-0.2, 0) is 0 Å². The van der Waals surface area contributed by atoms with E-state index in [9.17, 15) is 4.79 Å². The second-order valence-corrected chi connectivity index (χ2v) is 6.07. The highest BCUT2D eigenvalue weighted by atomic mass is 16.5. The van der Waals surface area contributed by atoms with Gasteiger partial charge in [-0.15, -0.1) is 0 Å². The van der Waals surface area contributed by atoms with Crippen LogP contribution < -0.4 is 4.74 Å². The van der Waals surface area contributed by atoms with Crippen LogP contribution in [-0.4, -0.2) is 34.7 Å². The van der Waals surface area contributed by atoms with Crippen LogP contribution in [0.5, 0.6) is 5.75 Å². The Labute approximate surface area is 145 Å². The molecule has 1 aromatic carbocycles. The second-order valence-electron chi connectivity index (χ2n) is 6.07. The molecular weight excluding hydrogens is 318 g/mol. The lowest BCUT2D eigenvalue weighted by atomic mass is 10.1. The Balaban J connectivity index is 1.55. The van der Waals surface area contributed by atoms with E-state index in [1.807, 2.05) is 41.3 Å². The number of aromatic nitrogens is 2. The number of hydrogen-bond donors (Lipinski definition) is 1. The van der Waals surface area contributed by atoms with E-state index in [2.05, 4.69) is 10.2 Å². The Morgan fingerprint density at radius 2 is 2.16 bits per heavy atom. The number of aromatic amines is 1. The van der Waals surface area contributed by atoms with Gasteiger partial charge in [-0.05, 0) is 55.3 Å². The van der Waals surface area contributed by atoms with Crippen molar-refractivity contribution in [2.75, 3.05) is 13.7 Å². The summed E-state index contributed by atoms with van der Waals surface area (Å²) in [5, 5.41) is 7.16. The molecule has 1 fully saturated rings. The molecule has 2 aromatic heterocycles. The van der Waals surface area contributed by atoms with E-state index in [1.165, 1.54) is 0 Å². The molecule has 6 nitrogen and oxygen atoms in total. The van der Waals surface area contributed by atoms with Gasteiger partial charge in [0.2, 0.25) is 0 Å². The number of hydrogen-bond acceptors (Lipinski definition) is 4. The largest absolute Gasteiger partial charge is 0.497 e. The van der Waals surface area contributed by atoms with E-state index in [1.54, 1.807) is 19.4 Å². The number of furan rings is 1.